The average Bonchev–Trinajstić information content (AvgIpc) is 2.39. The van der Waals surface area contributed by atoms with Crippen molar-refractivity contribution in [1.82, 2.24) is 4.98 Å². The molecule has 0 aliphatic heterocycles. The molecule has 0 saturated heterocycles. The predicted molar refractivity (Wildman–Crippen MR) is 66.6 cm³/mol. The molecule has 0 atom stereocenters. The first-order valence-electron chi connectivity index (χ1n) is 5.24. The van der Waals surface area contributed by atoms with Crippen LogP contribution in [0.2, 0.25) is 5.15 Å². The Kier molecular flexibility index (Phi) is 3.91. The zero-order valence-corrected chi connectivity index (χ0v) is 10.3. The molecule has 0 bridgehead atoms. The van der Waals surface area contributed by atoms with Crippen LogP contribution in [0, 0.1) is 15.9 Å². The Morgan fingerprint density at radius 1 is 1.37 bits per heavy atom. The van der Waals surface area contributed by atoms with Gasteiger partial charge < -0.3 is 4.74 Å². The molecule has 0 amide bonds. The highest BCUT2D eigenvalue weighted by atomic mass is 35.5. The topological polar surface area (TPSA) is 65.3 Å². The van der Waals surface area contributed by atoms with E-state index >= 15 is 0 Å². The van der Waals surface area contributed by atoms with E-state index in [0.717, 1.165) is 6.07 Å². The number of ether oxygens (including phenoxy) is 1. The van der Waals surface area contributed by atoms with Crippen LogP contribution in [0.15, 0.2) is 36.5 Å². The second kappa shape index (κ2) is 5.62. The molecule has 0 saturated carbocycles. The van der Waals surface area contributed by atoms with Crippen LogP contribution in [0.3, 0.4) is 0 Å². The van der Waals surface area contributed by atoms with Gasteiger partial charge in [0.15, 0.2) is 10.9 Å². The number of hydrogen-bond donors (Lipinski definition) is 0. The maximum atomic E-state index is 13.8. The van der Waals surface area contributed by atoms with Crippen molar-refractivity contribution in [1.29, 1.82) is 0 Å². The summed E-state index contributed by atoms with van der Waals surface area (Å²) in [6, 6.07) is 7.09. The maximum absolute atomic E-state index is 13.8. The smallest absolute Gasteiger partial charge is 0.305 e. The molecule has 1 aromatic heterocycles. The van der Waals surface area contributed by atoms with Gasteiger partial charge in [-0.3, -0.25) is 10.1 Å². The molecular weight excluding hydrogens is 275 g/mol. The van der Waals surface area contributed by atoms with E-state index in [-0.39, 0.29) is 23.1 Å². The van der Waals surface area contributed by atoms with Gasteiger partial charge in [-0.05, 0) is 12.1 Å². The lowest BCUT2D eigenvalue weighted by Crippen LogP contribution is -2.02. The molecule has 0 aliphatic rings. The lowest BCUT2D eigenvalue weighted by Gasteiger charge is -2.07. The minimum absolute atomic E-state index is 0.0779. The normalized spacial score (nSPS) is 10.2. The third-order valence-electron chi connectivity index (χ3n) is 2.36. The Balaban J connectivity index is 2.19. The highest BCUT2D eigenvalue weighted by molar-refractivity contribution is 6.30. The van der Waals surface area contributed by atoms with Gasteiger partial charge in [0.25, 0.3) is 0 Å². The molecule has 98 valence electrons. The Bertz CT molecular complexity index is 622. The van der Waals surface area contributed by atoms with Gasteiger partial charge in [-0.2, -0.15) is 4.39 Å². The van der Waals surface area contributed by atoms with Crippen LogP contribution in [-0.2, 0) is 6.61 Å². The van der Waals surface area contributed by atoms with Crippen LogP contribution in [0.4, 0.5) is 10.1 Å². The SMILES string of the molecule is O=[N+]([O-])c1cccc(COc2cccnc2Cl)c1F. The van der Waals surface area contributed by atoms with Crippen LogP contribution in [0.1, 0.15) is 5.56 Å². The first-order chi connectivity index (χ1) is 9.09. The Morgan fingerprint density at radius 3 is 2.84 bits per heavy atom. The molecule has 1 aromatic carbocycles. The average molecular weight is 283 g/mol. The minimum atomic E-state index is -0.910. The fourth-order valence-corrected chi connectivity index (χ4v) is 1.63. The summed E-state index contributed by atoms with van der Waals surface area (Å²) in [5.41, 5.74) is -0.507. The zero-order chi connectivity index (χ0) is 13.8. The monoisotopic (exact) mass is 282 g/mol. The summed E-state index contributed by atoms with van der Waals surface area (Å²) in [6.07, 6.45) is 1.49. The molecule has 0 aliphatic carbocycles. The highest BCUT2D eigenvalue weighted by Gasteiger charge is 2.17. The first-order valence-corrected chi connectivity index (χ1v) is 5.62. The summed E-state index contributed by atoms with van der Waals surface area (Å²) in [5, 5.41) is 10.7. The van der Waals surface area contributed by atoms with Gasteiger partial charge >= 0.3 is 5.69 Å². The van der Waals surface area contributed by atoms with E-state index in [1.165, 1.54) is 18.3 Å². The van der Waals surface area contributed by atoms with E-state index in [1.54, 1.807) is 12.1 Å². The van der Waals surface area contributed by atoms with E-state index in [4.69, 9.17) is 16.3 Å². The van der Waals surface area contributed by atoms with Crippen molar-refractivity contribution in [3.63, 3.8) is 0 Å². The zero-order valence-electron chi connectivity index (χ0n) is 9.55. The molecule has 2 aromatic rings. The lowest BCUT2D eigenvalue weighted by atomic mass is 10.2. The van der Waals surface area contributed by atoms with Crippen LogP contribution >= 0.6 is 11.6 Å². The summed E-state index contributed by atoms with van der Waals surface area (Å²) >= 11 is 5.77. The highest BCUT2D eigenvalue weighted by Crippen LogP contribution is 2.24. The van der Waals surface area contributed by atoms with Gasteiger partial charge in [-0.25, -0.2) is 4.98 Å². The van der Waals surface area contributed by atoms with E-state index in [1.807, 2.05) is 0 Å². The molecule has 0 radical (unpaired) electrons. The predicted octanol–water partition coefficient (Wildman–Crippen LogP) is 3.36. The Hall–Kier alpha value is -2.21. The number of nitro groups is 1. The second-order valence-corrected chi connectivity index (χ2v) is 3.95. The number of aromatic nitrogens is 1. The Labute approximate surface area is 112 Å². The third kappa shape index (κ3) is 2.97. The number of rotatable bonds is 4. The van der Waals surface area contributed by atoms with E-state index in [2.05, 4.69) is 4.98 Å². The number of benzene rings is 1. The van der Waals surface area contributed by atoms with Crippen molar-refractivity contribution in [2.24, 2.45) is 0 Å². The number of nitrogens with zero attached hydrogens (tertiary/aromatic N) is 2. The second-order valence-electron chi connectivity index (χ2n) is 3.59. The summed E-state index contributed by atoms with van der Waals surface area (Å²) in [7, 11) is 0. The molecule has 1 heterocycles. The molecular formula is C12H8ClFN2O3. The summed E-state index contributed by atoms with van der Waals surface area (Å²) in [5.74, 6) is -0.623. The number of pyridine rings is 1. The van der Waals surface area contributed by atoms with Crippen LogP contribution in [-0.4, -0.2) is 9.91 Å². The van der Waals surface area contributed by atoms with E-state index < -0.39 is 16.4 Å². The van der Waals surface area contributed by atoms with Crippen molar-refractivity contribution in [3.05, 3.63) is 63.2 Å². The number of nitro benzene ring substituents is 1. The van der Waals surface area contributed by atoms with Crippen molar-refractivity contribution in [2.75, 3.05) is 0 Å². The van der Waals surface area contributed by atoms with Crippen molar-refractivity contribution >= 4 is 17.3 Å². The van der Waals surface area contributed by atoms with Gasteiger partial charge in [0.05, 0.1) is 4.92 Å². The van der Waals surface area contributed by atoms with Crippen LogP contribution in [0.5, 0.6) is 5.75 Å². The van der Waals surface area contributed by atoms with Gasteiger partial charge in [0.2, 0.25) is 5.82 Å². The van der Waals surface area contributed by atoms with Crippen molar-refractivity contribution in [2.45, 2.75) is 6.61 Å². The Morgan fingerprint density at radius 2 is 2.16 bits per heavy atom. The summed E-state index contributed by atoms with van der Waals surface area (Å²) in [6.45, 7) is -0.168. The minimum Gasteiger partial charge on any atom is -0.486 e. The fraction of sp³-hybridized carbons (Fsp3) is 0.0833. The van der Waals surface area contributed by atoms with E-state index in [9.17, 15) is 14.5 Å². The lowest BCUT2D eigenvalue weighted by molar-refractivity contribution is -0.387. The quantitative estimate of drug-likeness (QED) is 0.490. The number of halogens is 2. The van der Waals surface area contributed by atoms with Crippen molar-refractivity contribution < 1.29 is 14.1 Å². The molecule has 0 unspecified atom stereocenters. The summed E-state index contributed by atoms with van der Waals surface area (Å²) in [4.78, 5) is 13.6. The standard InChI is InChI=1S/C12H8ClFN2O3/c13-12-10(5-2-6-15-12)19-7-8-3-1-4-9(11(8)14)16(17)18/h1-6H,7H2. The molecule has 5 nitrogen and oxygen atoms in total. The van der Waals surface area contributed by atoms with E-state index in [0.29, 0.717) is 0 Å². The molecule has 0 spiro atoms. The largest absolute Gasteiger partial charge is 0.486 e. The molecule has 0 fully saturated rings. The van der Waals surface area contributed by atoms with Gasteiger partial charge in [-0.1, -0.05) is 23.7 Å². The van der Waals surface area contributed by atoms with Gasteiger partial charge in [0.1, 0.15) is 6.61 Å². The van der Waals surface area contributed by atoms with Crippen molar-refractivity contribution in [3.8, 4) is 5.75 Å². The molecule has 0 N–H and O–H groups in total. The fourth-order valence-electron chi connectivity index (χ4n) is 1.45. The van der Waals surface area contributed by atoms with Crippen LogP contribution in [0.25, 0.3) is 0 Å². The number of hydrogen-bond acceptors (Lipinski definition) is 4. The van der Waals surface area contributed by atoms with Crippen LogP contribution < -0.4 is 4.74 Å². The molecule has 7 heteroatoms. The maximum Gasteiger partial charge on any atom is 0.305 e. The molecule has 19 heavy (non-hydrogen) atoms. The van der Waals surface area contributed by atoms with Gasteiger partial charge in [0, 0.05) is 17.8 Å². The summed E-state index contributed by atoms with van der Waals surface area (Å²) < 4.78 is 19.0. The van der Waals surface area contributed by atoms with Gasteiger partial charge in [-0.15, -0.1) is 0 Å². The first kappa shape index (κ1) is 13.2. The molecule has 2 rings (SSSR count). The third-order valence-corrected chi connectivity index (χ3v) is 2.65.